The van der Waals surface area contributed by atoms with Crippen LogP contribution >= 0.6 is 0 Å². The zero-order valence-electron chi connectivity index (χ0n) is 15.6. The number of benzene rings is 1. The van der Waals surface area contributed by atoms with Gasteiger partial charge in [0.15, 0.2) is 0 Å². The predicted octanol–water partition coefficient (Wildman–Crippen LogP) is 1.33. The van der Waals surface area contributed by atoms with Crippen LogP contribution in [0.1, 0.15) is 37.0 Å². The molecule has 0 saturated carbocycles. The Balaban J connectivity index is 2.08. The fourth-order valence-corrected chi connectivity index (χ4v) is 4.53. The van der Waals surface area contributed by atoms with Crippen molar-refractivity contribution in [2.24, 2.45) is 5.41 Å². The van der Waals surface area contributed by atoms with Crippen molar-refractivity contribution in [2.75, 3.05) is 32.8 Å². The molecule has 0 radical (unpaired) electrons. The van der Waals surface area contributed by atoms with Gasteiger partial charge in [0.2, 0.25) is 10.0 Å². The third-order valence-electron chi connectivity index (χ3n) is 4.95. The van der Waals surface area contributed by atoms with Crippen molar-refractivity contribution in [3.05, 3.63) is 29.8 Å². The number of carbonyl (C=O) groups is 2. The fourth-order valence-electron chi connectivity index (χ4n) is 3.07. The number of carboxylic acids is 1. The largest absolute Gasteiger partial charge is 0.481 e. The highest BCUT2D eigenvalue weighted by Gasteiger charge is 2.40. The summed E-state index contributed by atoms with van der Waals surface area (Å²) in [5.74, 6) is -1.39. The van der Waals surface area contributed by atoms with Crippen molar-refractivity contribution in [1.82, 2.24) is 9.62 Å². The van der Waals surface area contributed by atoms with Crippen LogP contribution in [0.5, 0.6) is 0 Å². The van der Waals surface area contributed by atoms with Crippen LogP contribution in [0, 0.1) is 5.41 Å². The van der Waals surface area contributed by atoms with Crippen molar-refractivity contribution >= 4 is 21.9 Å². The number of rotatable bonds is 8. The van der Waals surface area contributed by atoms with Gasteiger partial charge in [-0.3, -0.25) is 9.59 Å². The highest BCUT2D eigenvalue weighted by atomic mass is 32.2. The molecule has 27 heavy (non-hydrogen) atoms. The lowest BCUT2D eigenvalue weighted by Gasteiger charge is -2.33. The molecule has 8 nitrogen and oxygen atoms in total. The Morgan fingerprint density at radius 2 is 1.70 bits per heavy atom. The maximum atomic E-state index is 12.5. The minimum Gasteiger partial charge on any atom is -0.481 e. The first-order valence-corrected chi connectivity index (χ1v) is 10.4. The van der Waals surface area contributed by atoms with Crippen molar-refractivity contribution in [3.63, 3.8) is 0 Å². The minimum absolute atomic E-state index is 0.00399. The molecule has 9 heteroatoms. The average Bonchev–Trinajstić information content (AvgIpc) is 2.67. The van der Waals surface area contributed by atoms with E-state index in [0.29, 0.717) is 39.1 Å². The first-order chi connectivity index (χ1) is 12.8. The zero-order valence-corrected chi connectivity index (χ0v) is 16.4. The predicted molar refractivity (Wildman–Crippen MR) is 99.0 cm³/mol. The number of carboxylic acid groups (broad SMARTS) is 1. The monoisotopic (exact) mass is 398 g/mol. The third-order valence-corrected chi connectivity index (χ3v) is 7.01. The molecule has 1 aromatic rings. The summed E-state index contributed by atoms with van der Waals surface area (Å²) in [6.45, 7) is 4.95. The van der Waals surface area contributed by atoms with Crippen molar-refractivity contribution in [2.45, 2.75) is 31.6 Å². The zero-order chi connectivity index (χ0) is 20.1. The number of hydrogen-bond acceptors (Lipinski definition) is 5. The van der Waals surface area contributed by atoms with E-state index >= 15 is 0 Å². The van der Waals surface area contributed by atoms with Gasteiger partial charge in [0.05, 0.1) is 10.3 Å². The molecule has 0 bridgehead atoms. The lowest BCUT2D eigenvalue weighted by molar-refractivity contribution is -0.154. The van der Waals surface area contributed by atoms with Crippen LogP contribution in [0.25, 0.3) is 0 Å². The van der Waals surface area contributed by atoms with Gasteiger partial charge in [-0.1, -0.05) is 13.8 Å². The normalized spacial score (nSPS) is 16.9. The van der Waals surface area contributed by atoms with Crippen LogP contribution in [0.4, 0.5) is 0 Å². The molecule has 0 atom stereocenters. The number of aliphatic carboxylic acids is 1. The van der Waals surface area contributed by atoms with Crippen LogP contribution < -0.4 is 5.32 Å². The van der Waals surface area contributed by atoms with E-state index in [-0.39, 0.29) is 17.0 Å². The lowest BCUT2D eigenvalue weighted by Crippen LogP contribution is -2.46. The van der Waals surface area contributed by atoms with Gasteiger partial charge < -0.3 is 15.2 Å². The average molecular weight is 398 g/mol. The summed E-state index contributed by atoms with van der Waals surface area (Å²) < 4.78 is 31.5. The number of amides is 1. The second-order valence-corrected chi connectivity index (χ2v) is 8.43. The van der Waals surface area contributed by atoms with E-state index in [4.69, 9.17) is 4.74 Å². The van der Waals surface area contributed by atoms with E-state index in [1.165, 1.54) is 28.6 Å². The summed E-state index contributed by atoms with van der Waals surface area (Å²) in [6.07, 6.45) is 0.674. The van der Waals surface area contributed by atoms with Gasteiger partial charge in [0.1, 0.15) is 0 Å². The first-order valence-electron chi connectivity index (χ1n) is 8.96. The molecule has 0 unspecified atom stereocenters. The second kappa shape index (κ2) is 8.81. The van der Waals surface area contributed by atoms with E-state index in [1.54, 1.807) is 13.8 Å². The Kier molecular flexibility index (Phi) is 6.96. The molecule has 0 aliphatic carbocycles. The molecule has 1 aliphatic heterocycles. The molecule has 1 aliphatic rings. The Bertz CT molecular complexity index is 766. The molecule has 2 rings (SSSR count). The molecule has 1 fully saturated rings. The molecule has 1 heterocycles. The van der Waals surface area contributed by atoms with Gasteiger partial charge in [-0.25, -0.2) is 8.42 Å². The molecule has 0 spiro atoms. The standard InChI is InChI=1S/C18H26N2O6S/c1-3-20(4-2)27(24,25)15-7-5-14(6-8-15)16(21)19-13-18(17(22)23)9-11-26-12-10-18/h5-8H,3-4,9-13H2,1-2H3,(H,19,21)(H,22,23). The molecule has 1 saturated heterocycles. The Hall–Kier alpha value is -1.97. The Morgan fingerprint density at radius 3 is 2.19 bits per heavy atom. The summed E-state index contributed by atoms with van der Waals surface area (Å²) >= 11 is 0. The van der Waals surface area contributed by atoms with Crippen LogP contribution in [0.2, 0.25) is 0 Å². The fraction of sp³-hybridized carbons (Fsp3) is 0.556. The van der Waals surface area contributed by atoms with E-state index in [0.717, 1.165) is 0 Å². The van der Waals surface area contributed by atoms with Gasteiger partial charge in [0.25, 0.3) is 5.91 Å². The number of sulfonamides is 1. The van der Waals surface area contributed by atoms with Gasteiger partial charge in [-0.05, 0) is 37.1 Å². The molecular weight excluding hydrogens is 372 g/mol. The van der Waals surface area contributed by atoms with Crippen molar-refractivity contribution in [3.8, 4) is 0 Å². The first kappa shape index (κ1) is 21.3. The number of hydrogen-bond donors (Lipinski definition) is 2. The summed E-state index contributed by atoms with van der Waals surface area (Å²) in [6, 6.07) is 5.65. The quantitative estimate of drug-likeness (QED) is 0.683. The van der Waals surface area contributed by atoms with Crippen LogP contribution in [0.3, 0.4) is 0 Å². The van der Waals surface area contributed by atoms with E-state index in [1.807, 2.05) is 0 Å². The third kappa shape index (κ3) is 4.66. The maximum Gasteiger partial charge on any atom is 0.311 e. The van der Waals surface area contributed by atoms with Crippen LogP contribution in [0.15, 0.2) is 29.2 Å². The molecular formula is C18H26N2O6S. The van der Waals surface area contributed by atoms with Crippen LogP contribution in [-0.4, -0.2) is 62.6 Å². The van der Waals surface area contributed by atoms with Crippen molar-refractivity contribution in [1.29, 1.82) is 0 Å². The van der Waals surface area contributed by atoms with Gasteiger partial charge in [-0.15, -0.1) is 0 Å². The summed E-state index contributed by atoms with van der Waals surface area (Å²) in [4.78, 5) is 24.1. The number of nitrogens with one attached hydrogen (secondary N) is 1. The highest BCUT2D eigenvalue weighted by molar-refractivity contribution is 7.89. The topological polar surface area (TPSA) is 113 Å². The molecule has 1 amide bonds. The smallest absolute Gasteiger partial charge is 0.311 e. The molecule has 1 aromatic carbocycles. The van der Waals surface area contributed by atoms with Crippen molar-refractivity contribution < 1.29 is 27.9 Å². The van der Waals surface area contributed by atoms with Gasteiger partial charge in [0, 0.05) is 38.4 Å². The van der Waals surface area contributed by atoms with E-state index in [9.17, 15) is 23.1 Å². The van der Waals surface area contributed by atoms with Crippen LogP contribution in [-0.2, 0) is 19.6 Å². The van der Waals surface area contributed by atoms with Gasteiger partial charge in [-0.2, -0.15) is 4.31 Å². The lowest BCUT2D eigenvalue weighted by atomic mass is 9.80. The highest BCUT2D eigenvalue weighted by Crippen LogP contribution is 2.30. The number of ether oxygens (including phenoxy) is 1. The summed E-state index contributed by atoms with van der Waals surface area (Å²) in [5, 5.41) is 12.2. The van der Waals surface area contributed by atoms with E-state index < -0.39 is 27.3 Å². The second-order valence-electron chi connectivity index (χ2n) is 6.49. The van der Waals surface area contributed by atoms with Gasteiger partial charge >= 0.3 is 5.97 Å². The Labute approximate surface area is 159 Å². The molecule has 2 N–H and O–H groups in total. The van der Waals surface area contributed by atoms with E-state index in [2.05, 4.69) is 5.32 Å². The number of nitrogens with zero attached hydrogens (tertiary/aromatic N) is 1. The summed E-state index contributed by atoms with van der Waals surface area (Å²) in [5.41, 5.74) is -0.749. The molecule has 150 valence electrons. The SMILES string of the molecule is CCN(CC)S(=O)(=O)c1ccc(C(=O)NCC2(C(=O)O)CCOCC2)cc1. The summed E-state index contributed by atoms with van der Waals surface area (Å²) in [7, 11) is -3.58. The minimum atomic E-state index is -3.58. The Morgan fingerprint density at radius 1 is 1.15 bits per heavy atom. The molecule has 0 aromatic heterocycles. The number of carbonyl (C=O) groups excluding carboxylic acids is 1. The maximum absolute atomic E-state index is 12.5.